The Labute approximate surface area is 130 Å². The number of piperidine rings is 3. The normalized spacial score (nSPS) is 35.7. The summed E-state index contributed by atoms with van der Waals surface area (Å²) < 4.78 is 2.36. The molecule has 5 heterocycles. The molecule has 4 bridgehead atoms. The molecule has 2 unspecified atom stereocenters. The Balaban J connectivity index is 1.74. The van der Waals surface area contributed by atoms with Crippen LogP contribution in [0.2, 0.25) is 0 Å². The minimum atomic E-state index is 0.0956. The lowest BCUT2D eigenvalue weighted by Crippen LogP contribution is -2.62. The number of carbonyl (C=O) groups is 1. The number of nitrogens with zero attached hydrogens (tertiary/aromatic N) is 2. The fourth-order valence-corrected chi connectivity index (χ4v) is 5.18. The van der Waals surface area contributed by atoms with Gasteiger partial charge in [0.2, 0.25) is 0 Å². The smallest absolute Gasteiger partial charge is 0.154 e. The number of aryl methyl sites for hydroxylation is 1. The van der Waals surface area contributed by atoms with E-state index in [0.717, 1.165) is 19.4 Å². The highest BCUT2D eigenvalue weighted by Gasteiger charge is 2.54. The predicted molar refractivity (Wildman–Crippen MR) is 86.7 cm³/mol. The highest BCUT2D eigenvalue weighted by Crippen LogP contribution is 2.51. The molecule has 0 N–H and O–H groups in total. The molecule has 22 heavy (non-hydrogen) atoms. The largest absolute Gasteiger partial charge is 0.346 e. The summed E-state index contributed by atoms with van der Waals surface area (Å²) in [5, 5.41) is 1.33. The number of carbonyl (C=O) groups excluding carboxylic acids is 1. The maximum Gasteiger partial charge on any atom is 0.154 e. The van der Waals surface area contributed by atoms with Crippen LogP contribution in [0.15, 0.2) is 36.9 Å². The van der Waals surface area contributed by atoms with Crippen LogP contribution in [0.3, 0.4) is 0 Å². The highest BCUT2D eigenvalue weighted by atomic mass is 16.1. The molecule has 4 aliphatic rings. The zero-order valence-corrected chi connectivity index (χ0v) is 12.8. The van der Waals surface area contributed by atoms with Gasteiger partial charge in [0.25, 0.3) is 0 Å². The van der Waals surface area contributed by atoms with Gasteiger partial charge in [0, 0.05) is 36.1 Å². The second kappa shape index (κ2) is 4.11. The van der Waals surface area contributed by atoms with E-state index in [-0.39, 0.29) is 12.0 Å². The van der Waals surface area contributed by atoms with Gasteiger partial charge in [-0.2, -0.15) is 0 Å². The Bertz CT molecular complexity index is 818. The Morgan fingerprint density at radius 3 is 2.91 bits per heavy atom. The maximum absolute atomic E-state index is 12.8. The Morgan fingerprint density at radius 2 is 2.09 bits per heavy atom. The number of rotatable bonds is 1. The van der Waals surface area contributed by atoms with E-state index in [1.54, 1.807) is 0 Å². The summed E-state index contributed by atoms with van der Waals surface area (Å²) >= 11 is 0. The maximum atomic E-state index is 12.8. The van der Waals surface area contributed by atoms with E-state index >= 15 is 0 Å². The van der Waals surface area contributed by atoms with Crippen LogP contribution in [0.5, 0.6) is 0 Å². The first kappa shape index (κ1) is 12.7. The fraction of sp³-hybridized carbons (Fsp3) is 0.421. The molecule has 2 aromatic rings. The highest BCUT2D eigenvalue weighted by molar-refractivity contribution is 5.92. The molecule has 5 atom stereocenters. The third-order valence-electron chi connectivity index (χ3n) is 6.19. The summed E-state index contributed by atoms with van der Waals surface area (Å²) in [4.78, 5) is 15.3. The lowest BCUT2D eigenvalue weighted by molar-refractivity contribution is -0.146. The summed E-state index contributed by atoms with van der Waals surface area (Å²) in [6, 6.07) is 9.11. The van der Waals surface area contributed by atoms with Crippen LogP contribution in [-0.2, 0) is 18.3 Å². The molecule has 1 aromatic heterocycles. The summed E-state index contributed by atoms with van der Waals surface area (Å²) in [6.07, 6.45) is 3.83. The van der Waals surface area contributed by atoms with E-state index in [9.17, 15) is 4.79 Å². The molecule has 6 rings (SSSR count). The van der Waals surface area contributed by atoms with Crippen molar-refractivity contribution in [3.63, 3.8) is 0 Å². The number of aromatic nitrogens is 1. The second-order valence-corrected chi connectivity index (χ2v) is 7.02. The molecule has 0 saturated carbocycles. The fourth-order valence-electron chi connectivity index (χ4n) is 5.18. The number of fused-ring (bicyclic) bond motifs is 4. The van der Waals surface area contributed by atoms with Crippen LogP contribution in [0.4, 0.5) is 0 Å². The van der Waals surface area contributed by atoms with Gasteiger partial charge in [0.1, 0.15) is 0 Å². The molecule has 1 aromatic carbocycles. The number of para-hydroxylation sites is 1. The summed E-state index contributed by atoms with van der Waals surface area (Å²) in [5.41, 5.74) is 4.15. The lowest BCUT2D eigenvalue weighted by atomic mass is 9.67. The Hall–Kier alpha value is -1.87. The zero-order chi connectivity index (χ0) is 15.0. The minimum Gasteiger partial charge on any atom is -0.346 e. The minimum absolute atomic E-state index is 0.0956. The number of benzene rings is 1. The van der Waals surface area contributed by atoms with Crippen LogP contribution in [0.1, 0.15) is 23.7 Å². The quantitative estimate of drug-likeness (QED) is 0.755. The average Bonchev–Trinajstić information content (AvgIpc) is 2.84. The van der Waals surface area contributed by atoms with Crippen LogP contribution in [0, 0.1) is 11.8 Å². The van der Waals surface area contributed by atoms with Crippen LogP contribution >= 0.6 is 0 Å². The number of ketones is 1. The van der Waals surface area contributed by atoms with E-state index in [1.807, 2.05) is 6.08 Å². The molecular weight excluding hydrogens is 272 g/mol. The van der Waals surface area contributed by atoms with Gasteiger partial charge in [-0.1, -0.05) is 24.3 Å². The summed E-state index contributed by atoms with van der Waals surface area (Å²) in [5.74, 6) is 0.978. The number of hydrogen-bond donors (Lipinski definition) is 0. The van der Waals surface area contributed by atoms with Crippen molar-refractivity contribution in [2.75, 3.05) is 6.54 Å². The third-order valence-corrected chi connectivity index (χ3v) is 6.19. The van der Waals surface area contributed by atoms with Gasteiger partial charge in [0.15, 0.2) is 5.78 Å². The number of Topliss-reactive ketones (excluding diaryl/α,β-unsaturated/α-hetero) is 1. The molecule has 4 aliphatic heterocycles. The molecular formula is C19H20N2O. The zero-order valence-electron chi connectivity index (χ0n) is 12.8. The van der Waals surface area contributed by atoms with Crippen molar-refractivity contribution in [2.24, 2.45) is 18.9 Å². The lowest BCUT2D eigenvalue weighted by Gasteiger charge is -2.55. The van der Waals surface area contributed by atoms with Gasteiger partial charge < -0.3 is 4.57 Å². The summed E-state index contributed by atoms with van der Waals surface area (Å²) in [6.45, 7) is 4.94. The van der Waals surface area contributed by atoms with Crippen molar-refractivity contribution in [2.45, 2.75) is 24.9 Å². The summed E-state index contributed by atoms with van der Waals surface area (Å²) in [7, 11) is 2.18. The first-order chi connectivity index (χ1) is 10.7. The van der Waals surface area contributed by atoms with E-state index in [2.05, 4.69) is 47.4 Å². The van der Waals surface area contributed by atoms with Gasteiger partial charge in [0.05, 0.1) is 12.1 Å². The molecule has 3 fully saturated rings. The molecule has 0 radical (unpaired) electrons. The van der Waals surface area contributed by atoms with E-state index in [4.69, 9.17) is 0 Å². The van der Waals surface area contributed by atoms with E-state index in [1.165, 1.54) is 22.2 Å². The van der Waals surface area contributed by atoms with Gasteiger partial charge >= 0.3 is 0 Å². The van der Waals surface area contributed by atoms with Gasteiger partial charge in [-0.05, 0) is 30.4 Å². The molecule has 112 valence electrons. The van der Waals surface area contributed by atoms with Crippen LogP contribution in [-0.4, -0.2) is 27.8 Å². The monoisotopic (exact) mass is 292 g/mol. The van der Waals surface area contributed by atoms with Crippen molar-refractivity contribution in [3.8, 4) is 0 Å². The van der Waals surface area contributed by atoms with Crippen molar-refractivity contribution >= 4 is 16.7 Å². The van der Waals surface area contributed by atoms with Gasteiger partial charge in [-0.25, -0.2) is 0 Å². The molecule has 3 saturated heterocycles. The standard InChI is InChI=1S/C19H20N2O/c1-3-11-10-21-16-8-13(11)19(22)17(21)9-14-12-6-4-5-7-15(12)20(2)18(14)16/h3-7,11,13,16-17H,1,8-10H2,2H3/t11?,13-,16-,17-/m0/s1. The SMILES string of the molecule is C=CC1CN2[C@H]3Cc4c(n(C)c5ccccc45)[C@@H]2C[C@@H]1C3=O. The van der Waals surface area contributed by atoms with Gasteiger partial charge in [-0.3, -0.25) is 9.69 Å². The molecule has 0 amide bonds. The Kier molecular flexibility index (Phi) is 2.36. The molecule has 0 spiro atoms. The van der Waals surface area contributed by atoms with Crippen molar-refractivity contribution in [1.82, 2.24) is 9.47 Å². The topological polar surface area (TPSA) is 25.2 Å². The molecule has 3 nitrogen and oxygen atoms in total. The van der Waals surface area contributed by atoms with Crippen molar-refractivity contribution in [1.29, 1.82) is 0 Å². The number of hydrogen-bond acceptors (Lipinski definition) is 2. The van der Waals surface area contributed by atoms with Crippen LogP contribution in [0.25, 0.3) is 10.9 Å². The van der Waals surface area contributed by atoms with Crippen LogP contribution < -0.4 is 0 Å². The van der Waals surface area contributed by atoms with Crippen molar-refractivity contribution < 1.29 is 4.79 Å². The second-order valence-electron chi connectivity index (χ2n) is 7.02. The molecule has 3 heteroatoms. The predicted octanol–water partition coefficient (Wildman–Crippen LogP) is 2.85. The Morgan fingerprint density at radius 1 is 1.27 bits per heavy atom. The van der Waals surface area contributed by atoms with Gasteiger partial charge in [-0.15, -0.1) is 6.58 Å². The average molecular weight is 292 g/mol. The van der Waals surface area contributed by atoms with E-state index < -0.39 is 0 Å². The first-order valence-electron chi connectivity index (χ1n) is 8.19. The van der Waals surface area contributed by atoms with E-state index in [0.29, 0.717) is 17.7 Å². The first-order valence-corrected chi connectivity index (χ1v) is 8.19. The third kappa shape index (κ3) is 1.33. The van der Waals surface area contributed by atoms with Crippen molar-refractivity contribution in [3.05, 3.63) is 48.2 Å². The molecule has 0 aliphatic carbocycles.